The molecule has 1 aliphatic heterocycles. The van der Waals surface area contributed by atoms with Crippen LogP contribution in [0.5, 0.6) is 0 Å². The van der Waals surface area contributed by atoms with E-state index in [9.17, 15) is 9.59 Å². The number of nitrogens with two attached hydrogens (primary N) is 1. The lowest BCUT2D eigenvalue weighted by Crippen LogP contribution is -2.50. The Bertz CT molecular complexity index is 455. The fourth-order valence-electron chi connectivity index (χ4n) is 2.20. The van der Waals surface area contributed by atoms with Crippen LogP contribution in [-0.2, 0) is 15.0 Å². The van der Waals surface area contributed by atoms with E-state index in [0.29, 0.717) is 13.0 Å². The molecule has 0 aromatic carbocycles. The maximum absolute atomic E-state index is 12.5. The molecule has 1 atom stereocenters. The van der Waals surface area contributed by atoms with Gasteiger partial charge in [-0.2, -0.15) is 0 Å². The third-order valence-corrected chi connectivity index (χ3v) is 3.27. The van der Waals surface area contributed by atoms with Crippen LogP contribution >= 0.6 is 0 Å². The van der Waals surface area contributed by atoms with Crippen molar-refractivity contribution in [2.75, 3.05) is 6.54 Å². The number of carbonyl (C=O) groups is 2. The van der Waals surface area contributed by atoms with Crippen molar-refractivity contribution < 1.29 is 14.0 Å². The van der Waals surface area contributed by atoms with Gasteiger partial charge in [0.15, 0.2) is 0 Å². The first kappa shape index (κ1) is 12.5. The van der Waals surface area contributed by atoms with Gasteiger partial charge in [0.05, 0.1) is 0 Å². The molecule has 2 heterocycles. The summed E-state index contributed by atoms with van der Waals surface area (Å²) in [6.07, 6.45) is 2.57. The molecule has 2 N–H and O–H groups in total. The lowest BCUT2D eigenvalue weighted by atomic mass is 9.91. The van der Waals surface area contributed by atoms with Crippen molar-refractivity contribution in [2.45, 2.75) is 38.1 Å². The predicted molar refractivity (Wildman–Crippen MR) is 61.3 cm³/mol. The summed E-state index contributed by atoms with van der Waals surface area (Å²) in [5.41, 5.74) is 4.35. The lowest BCUT2D eigenvalue weighted by molar-refractivity contribution is -0.141. The second kappa shape index (κ2) is 4.40. The van der Waals surface area contributed by atoms with Gasteiger partial charge in [-0.1, -0.05) is 0 Å². The van der Waals surface area contributed by atoms with Gasteiger partial charge < -0.3 is 15.1 Å². The Morgan fingerprint density at radius 3 is 2.83 bits per heavy atom. The van der Waals surface area contributed by atoms with Crippen molar-refractivity contribution in [2.24, 2.45) is 5.73 Å². The summed E-state index contributed by atoms with van der Waals surface area (Å²) in [7, 11) is 0. The van der Waals surface area contributed by atoms with E-state index in [4.69, 9.17) is 10.2 Å². The summed E-state index contributed by atoms with van der Waals surface area (Å²) in [5, 5.41) is 7.34. The van der Waals surface area contributed by atoms with E-state index >= 15 is 0 Å². The first-order valence-electron chi connectivity index (χ1n) is 5.81. The van der Waals surface area contributed by atoms with Crippen LogP contribution < -0.4 is 5.73 Å². The molecule has 1 unspecified atom stereocenters. The first-order chi connectivity index (χ1) is 8.44. The molecule has 2 amide bonds. The standard InChI is InChI=1S/C11H16N4O3/c1-11(2,9-14-13-6-18-9)10(17)15-5-3-4-7(15)8(12)16/h6-7H,3-5H2,1-2H3,(H2,12,16). The molecule has 0 radical (unpaired) electrons. The summed E-state index contributed by atoms with van der Waals surface area (Å²) < 4.78 is 5.09. The van der Waals surface area contributed by atoms with Crippen molar-refractivity contribution in [3.05, 3.63) is 12.3 Å². The van der Waals surface area contributed by atoms with Gasteiger partial charge >= 0.3 is 0 Å². The monoisotopic (exact) mass is 252 g/mol. The number of likely N-dealkylation sites (tertiary alicyclic amines) is 1. The predicted octanol–water partition coefficient (Wildman–Crippen LogP) is -0.176. The molecule has 0 spiro atoms. The molecule has 1 fully saturated rings. The topological polar surface area (TPSA) is 102 Å². The molecule has 1 aliphatic rings. The number of hydrogen-bond donors (Lipinski definition) is 1. The van der Waals surface area contributed by atoms with E-state index < -0.39 is 17.4 Å². The van der Waals surface area contributed by atoms with Crippen LogP contribution in [0.2, 0.25) is 0 Å². The molecule has 18 heavy (non-hydrogen) atoms. The smallest absolute Gasteiger partial charge is 0.240 e. The molecule has 1 saturated heterocycles. The summed E-state index contributed by atoms with van der Waals surface area (Å²) in [5.74, 6) is -0.446. The highest BCUT2D eigenvalue weighted by Crippen LogP contribution is 2.28. The largest absolute Gasteiger partial charge is 0.427 e. The van der Waals surface area contributed by atoms with Crippen molar-refractivity contribution in [1.82, 2.24) is 15.1 Å². The maximum Gasteiger partial charge on any atom is 0.240 e. The normalized spacial score (nSPS) is 20.1. The number of aromatic nitrogens is 2. The minimum Gasteiger partial charge on any atom is -0.427 e. The van der Waals surface area contributed by atoms with Crippen LogP contribution in [-0.4, -0.2) is 39.5 Å². The van der Waals surface area contributed by atoms with Gasteiger partial charge in [0.25, 0.3) is 0 Å². The molecule has 0 bridgehead atoms. The van der Waals surface area contributed by atoms with E-state index in [1.165, 1.54) is 11.3 Å². The molecule has 0 saturated carbocycles. The Labute approximate surface area is 104 Å². The van der Waals surface area contributed by atoms with Crippen LogP contribution in [0, 0.1) is 0 Å². The Hall–Kier alpha value is -1.92. The number of amides is 2. The van der Waals surface area contributed by atoms with E-state index in [-0.39, 0.29) is 11.8 Å². The number of primary amides is 1. The molecule has 7 nitrogen and oxygen atoms in total. The lowest BCUT2D eigenvalue weighted by Gasteiger charge is -2.29. The Morgan fingerprint density at radius 2 is 2.28 bits per heavy atom. The molecule has 98 valence electrons. The van der Waals surface area contributed by atoms with E-state index in [1.54, 1.807) is 13.8 Å². The van der Waals surface area contributed by atoms with Crippen LogP contribution in [0.4, 0.5) is 0 Å². The molecule has 0 aliphatic carbocycles. The number of nitrogens with zero attached hydrogens (tertiary/aromatic N) is 3. The quantitative estimate of drug-likeness (QED) is 0.804. The SMILES string of the molecule is CC(C)(C(=O)N1CCCC1C(N)=O)c1nnco1. The third-order valence-electron chi connectivity index (χ3n) is 3.27. The second-order valence-corrected chi connectivity index (χ2v) is 4.93. The highest BCUT2D eigenvalue weighted by Gasteiger charge is 2.43. The summed E-state index contributed by atoms with van der Waals surface area (Å²) in [6, 6.07) is -0.528. The summed E-state index contributed by atoms with van der Waals surface area (Å²) in [4.78, 5) is 25.3. The van der Waals surface area contributed by atoms with E-state index in [0.717, 1.165) is 6.42 Å². The van der Waals surface area contributed by atoms with Gasteiger partial charge in [-0.3, -0.25) is 9.59 Å². The van der Waals surface area contributed by atoms with Gasteiger partial charge in [0, 0.05) is 6.54 Å². The fourth-order valence-corrected chi connectivity index (χ4v) is 2.20. The summed E-state index contributed by atoms with van der Waals surface area (Å²) >= 11 is 0. The molecular formula is C11H16N4O3. The molecule has 1 aromatic heterocycles. The zero-order valence-corrected chi connectivity index (χ0v) is 10.4. The summed E-state index contributed by atoms with van der Waals surface area (Å²) in [6.45, 7) is 3.92. The van der Waals surface area contributed by atoms with Gasteiger partial charge in [0.1, 0.15) is 11.5 Å². The van der Waals surface area contributed by atoms with E-state index in [1.807, 2.05) is 0 Å². The Morgan fingerprint density at radius 1 is 1.56 bits per heavy atom. The van der Waals surface area contributed by atoms with Crippen molar-refractivity contribution in [1.29, 1.82) is 0 Å². The molecule has 1 aromatic rings. The molecule has 7 heteroatoms. The minimum atomic E-state index is -0.950. The maximum atomic E-state index is 12.5. The Balaban J connectivity index is 2.23. The average molecular weight is 252 g/mol. The second-order valence-electron chi connectivity index (χ2n) is 4.93. The van der Waals surface area contributed by atoms with Crippen molar-refractivity contribution >= 4 is 11.8 Å². The van der Waals surface area contributed by atoms with Crippen LogP contribution in [0.1, 0.15) is 32.6 Å². The van der Waals surface area contributed by atoms with Crippen molar-refractivity contribution in [3.63, 3.8) is 0 Å². The first-order valence-corrected chi connectivity index (χ1v) is 5.81. The van der Waals surface area contributed by atoms with Crippen LogP contribution in [0.3, 0.4) is 0 Å². The Kier molecular flexibility index (Phi) is 3.06. The van der Waals surface area contributed by atoms with Gasteiger partial charge in [-0.25, -0.2) is 0 Å². The minimum absolute atomic E-state index is 0.215. The van der Waals surface area contributed by atoms with Crippen molar-refractivity contribution in [3.8, 4) is 0 Å². The number of hydrogen-bond acceptors (Lipinski definition) is 5. The number of rotatable bonds is 3. The van der Waals surface area contributed by atoms with Crippen LogP contribution in [0.15, 0.2) is 10.8 Å². The van der Waals surface area contributed by atoms with Crippen LogP contribution in [0.25, 0.3) is 0 Å². The fraction of sp³-hybridized carbons (Fsp3) is 0.636. The number of carbonyl (C=O) groups excluding carboxylic acids is 2. The third kappa shape index (κ3) is 1.96. The van der Waals surface area contributed by atoms with Gasteiger partial charge in [0.2, 0.25) is 24.1 Å². The molecular weight excluding hydrogens is 236 g/mol. The zero-order chi connectivity index (χ0) is 13.3. The van der Waals surface area contributed by atoms with E-state index in [2.05, 4.69) is 10.2 Å². The highest BCUT2D eigenvalue weighted by molar-refractivity contribution is 5.91. The molecule has 2 rings (SSSR count). The highest BCUT2D eigenvalue weighted by atomic mass is 16.4. The van der Waals surface area contributed by atoms with Gasteiger partial charge in [-0.15, -0.1) is 10.2 Å². The zero-order valence-electron chi connectivity index (χ0n) is 10.4. The van der Waals surface area contributed by atoms with Gasteiger partial charge in [-0.05, 0) is 26.7 Å². The average Bonchev–Trinajstić information content (AvgIpc) is 2.98.